The van der Waals surface area contributed by atoms with Crippen molar-refractivity contribution in [1.29, 1.82) is 0 Å². The highest BCUT2D eigenvalue weighted by molar-refractivity contribution is 7.26. The van der Waals surface area contributed by atoms with Crippen molar-refractivity contribution >= 4 is 118 Å². The van der Waals surface area contributed by atoms with Crippen LogP contribution in [0.15, 0.2) is 164 Å². The molecular formula is C50H27N3S. The van der Waals surface area contributed by atoms with Gasteiger partial charge in [0.05, 0.1) is 22.2 Å². The highest BCUT2D eigenvalue weighted by atomic mass is 32.1. The highest BCUT2D eigenvalue weighted by Crippen LogP contribution is 2.49. The molecule has 0 radical (unpaired) electrons. The van der Waals surface area contributed by atoms with Gasteiger partial charge in [0, 0.05) is 41.9 Å². The third kappa shape index (κ3) is 3.70. The molecule has 0 aliphatic rings. The van der Waals surface area contributed by atoms with Crippen LogP contribution in [0.4, 0.5) is 0 Å². The van der Waals surface area contributed by atoms with E-state index in [0.29, 0.717) is 5.95 Å². The van der Waals surface area contributed by atoms with Crippen LogP contribution in [0.2, 0.25) is 0 Å². The third-order valence-corrected chi connectivity index (χ3v) is 12.8. The molecule has 0 spiro atoms. The first kappa shape index (κ1) is 28.7. The van der Waals surface area contributed by atoms with E-state index < -0.39 is 0 Å². The Morgan fingerprint density at radius 3 is 1.87 bits per heavy atom. The first-order valence-corrected chi connectivity index (χ1v) is 19.2. The number of para-hydroxylation sites is 2. The first-order chi connectivity index (χ1) is 26.8. The summed E-state index contributed by atoms with van der Waals surface area (Å²) in [5, 5.41) is 18.9. The summed E-state index contributed by atoms with van der Waals surface area (Å²) in [6.07, 6.45) is 0. The lowest BCUT2D eigenvalue weighted by Gasteiger charge is -2.17. The predicted molar refractivity (Wildman–Crippen MR) is 231 cm³/mol. The van der Waals surface area contributed by atoms with E-state index in [2.05, 4.69) is 168 Å². The Balaban J connectivity index is 1.21. The van der Waals surface area contributed by atoms with Gasteiger partial charge in [-0.2, -0.15) is 0 Å². The zero-order valence-corrected chi connectivity index (χ0v) is 29.7. The van der Waals surface area contributed by atoms with Gasteiger partial charge >= 0.3 is 0 Å². The van der Waals surface area contributed by atoms with Crippen LogP contribution in [0.25, 0.3) is 124 Å². The summed E-state index contributed by atoms with van der Waals surface area (Å²) in [5.74, 6) is 0.673. The summed E-state index contributed by atoms with van der Waals surface area (Å²) in [7, 11) is 0. The Morgan fingerprint density at radius 1 is 0.370 bits per heavy atom. The van der Waals surface area contributed by atoms with Crippen LogP contribution < -0.4 is 0 Å². The summed E-state index contributed by atoms with van der Waals surface area (Å²) in [6.45, 7) is 0. The number of hydrogen-bond acceptors (Lipinski definition) is 3. The fourth-order valence-electron chi connectivity index (χ4n) is 9.45. The summed E-state index contributed by atoms with van der Waals surface area (Å²) >= 11 is 1.89. The molecule has 0 fully saturated rings. The van der Waals surface area contributed by atoms with Gasteiger partial charge in [-0.3, -0.25) is 4.57 Å². The van der Waals surface area contributed by atoms with Gasteiger partial charge in [0.25, 0.3) is 0 Å². The maximum absolute atomic E-state index is 5.48. The molecule has 0 atom stereocenters. The Hall–Kier alpha value is -6.88. The Morgan fingerprint density at radius 2 is 1.02 bits per heavy atom. The van der Waals surface area contributed by atoms with Crippen LogP contribution >= 0.6 is 11.3 Å². The van der Waals surface area contributed by atoms with Gasteiger partial charge < -0.3 is 0 Å². The van der Waals surface area contributed by atoms with Gasteiger partial charge in [-0.05, 0) is 90.3 Å². The summed E-state index contributed by atoms with van der Waals surface area (Å²) < 4.78 is 4.95. The number of nitrogens with zero attached hydrogens (tertiary/aromatic N) is 3. The van der Waals surface area contributed by atoms with Gasteiger partial charge in [-0.25, -0.2) is 9.97 Å². The number of fused-ring (bicyclic) bond motifs is 12. The summed E-state index contributed by atoms with van der Waals surface area (Å²) in [4.78, 5) is 10.8. The van der Waals surface area contributed by atoms with E-state index in [4.69, 9.17) is 9.97 Å². The van der Waals surface area contributed by atoms with E-state index in [-0.39, 0.29) is 0 Å². The minimum Gasteiger partial charge on any atom is -0.278 e. The second kappa shape index (κ2) is 10.4. The molecule has 3 heterocycles. The van der Waals surface area contributed by atoms with Crippen molar-refractivity contribution in [2.24, 2.45) is 0 Å². The number of aromatic nitrogens is 3. The highest BCUT2D eigenvalue weighted by Gasteiger charge is 2.23. The fourth-order valence-corrected chi connectivity index (χ4v) is 10.6. The fraction of sp³-hybridized carbons (Fsp3) is 0. The molecule has 248 valence electrons. The molecule has 54 heavy (non-hydrogen) atoms. The smallest absolute Gasteiger partial charge is 0.235 e. The molecule has 0 amide bonds. The lowest BCUT2D eigenvalue weighted by molar-refractivity contribution is 1.01. The van der Waals surface area contributed by atoms with Crippen molar-refractivity contribution in [3.8, 4) is 17.2 Å². The van der Waals surface area contributed by atoms with E-state index in [1.807, 2.05) is 11.3 Å². The SMILES string of the molecule is c1ccc2cc(-c3nc(-n4c5ccccc5c5c6cccc7c8cccc9c%10c(cc(c(cc54)c76)c89)sc4ccccc4%10)nc4ccccc34)ccc2c1. The molecule has 0 aliphatic carbocycles. The van der Waals surface area contributed by atoms with Gasteiger partial charge in [0.15, 0.2) is 0 Å². The van der Waals surface area contributed by atoms with E-state index >= 15 is 0 Å². The molecule has 0 N–H and O–H groups in total. The van der Waals surface area contributed by atoms with Crippen molar-refractivity contribution in [2.45, 2.75) is 0 Å². The molecular weight excluding hydrogens is 675 g/mol. The molecule has 0 aliphatic heterocycles. The molecule has 4 heteroatoms. The average Bonchev–Trinajstić information content (AvgIpc) is 3.78. The molecule has 13 rings (SSSR count). The standard InChI is InChI=1S/C50H27N3S/c1-2-12-29-25-30(24-23-28(29)11-1)49-33-13-3-6-20-40(33)51-50(52-49)53-41-21-7-4-14-34(41)47-36-18-9-16-31-32-17-10-19-37-46(32)39(38(45(31)36)26-42(47)53)27-44-48(37)35-15-5-8-22-43(35)54-44/h1-27H. The van der Waals surface area contributed by atoms with Crippen LogP contribution in [0.1, 0.15) is 0 Å². The summed E-state index contributed by atoms with van der Waals surface area (Å²) in [6, 6.07) is 59.8. The minimum absolute atomic E-state index is 0.673. The maximum atomic E-state index is 5.48. The van der Waals surface area contributed by atoms with Gasteiger partial charge in [0.2, 0.25) is 5.95 Å². The second-order valence-electron chi connectivity index (χ2n) is 14.5. The number of hydrogen-bond donors (Lipinski definition) is 0. The quantitative estimate of drug-likeness (QED) is 0.133. The predicted octanol–water partition coefficient (Wildman–Crippen LogP) is 14.0. The summed E-state index contributed by atoms with van der Waals surface area (Å²) in [5.41, 5.74) is 5.14. The third-order valence-electron chi connectivity index (χ3n) is 11.7. The van der Waals surface area contributed by atoms with Crippen molar-refractivity contribution in [3.63, 3.8) is 0 Å². The largest absolute Gasteiger partial charge is 0.278 e. The molecule has 0 unspecified atom stereocenters. The van der Waals surface area contributed by atoms with Crippen LogP contribution in [-0.4, -0.2) is 14.5 Å². The van der Waals surface area contributed by atoms with Crippen LogP contribution in [0, 0.1) is 0 Å². The topological polar surface area (TPSA) is 30.7 Å². The number of rotatable bonds is 2. The molecule has 3 nitrogen and oxygen atoms in total. The van der Waals surface area contributed by atoms with Crippen molar-refractivity contribution in [3.05, 3.63) is 164 Å². The van der Waals surface area contributed by atoms with Crippen molar-refractivity contribution in [2.75, 3.05) is 0 Å². The lowest BCUT2D eigenvalue weighted by Crippen LogP contribution is -2.03. The van der Waals surface area contributed by atoms with Crippen molar-refractivity contribution in [1.82, 2.24) is 14.5 Å². The second-order valence-corrected chi connectivity index (χ2v) is 15.6. The Bertz CT molecular complexity index is 3740. The van der Waals surface area contributed by atoms with Crippen LogP contribution in [0.3, 0.4) is 0 Å². The van der Waals surface area contributed by atoms with E-state index in [1.165, 1.54) is 84.8 Å². The van der Waals surface area contributed by atoms with E-state index in [0.717, 1.165) is 33.2 Å². The number of thiophene rings is 1. The van der Waals surface area contributed by atoms with Crippen molar-refractivity contribution < 1.29 is 0 Å². The van der Waals surface area contributed by atoms with E-state index in [9.17, 15) is 0 Å². The van der Waals surface area contributed by atoms with E-state index in [1.54, 1.807) is 0 Å². The Kier molecular flexibility index (Phi) is 5.51. The molecule has 3 aromatic heterocycles. The first-order valence-electron chi connectivity index (χ1n) is 18.4. The number of benzene rings is 10. The molecule has 13 aromatic rings. The normalized spacial score (nSPS) is 12.4. The average molecular weight is 702 g/mol. The Labute approximate surface area is 312 Å². The maximum Gasteiger partial charge on any atom is 0.235 e. The van der Waals surface area contributed by atoms with Crippen LogP contribution in [-0.2, 0) is 0 Å². The zero-order valence-electron chi connectivity index (χ0n) is 28.8. The van der Waals surface area contributed by atoms with Gasteiger partial charge in [0.1, 0.15) is 0 Å². The zero-order chi connectivity index (χ0) is 35.1. The molecule has 10 aromatic carbocycles. The minimum atomic E-state index is 0.673. The van der Waals surface area contributed by atoms with Crippen LogP contribution in [0.5, 0.6) is 0 Å². The molecule has 0 bridgehead atoms. The lowest BCUT2D eigenvalue weighted by atomic mass is 9.87. The molecule has 0 saturated heterocycles. The molecule has 0 saturated carbocycles. The van der Waals surface area contributed by atoms with Gasteiger partial charge in [-0.1, -0.05) is 127 Å². The monoisotopic (exact) mass is 701 g/mol. The van der Waals surface area contributed by atoms with Gasteiger partial charge in [-0.15, -0.1) is 11.3 Å².